The molecule has 0 radical (unpaired) electrons. The topological polar surface area (TPSA) is 15.8 Å². The van der Waals surface area contributed by atoms with Crippen molar-refractivity contribution in [3.8, 4) is 11.1 Å². The van der Waals surface area contributed by atoms with Crippen LogP contribution in [-0.2, 0) is 0 Å². The van der Waals surface area contributed by atoms with E-state index in [9.17, 15) is 0 Å². The summed E-state index contributed by atoms with van der Waals surface area (Å²) in [6, 6.07) is 21.7. The van der Waals surface area contributed by atoms with Gasteiger partial charge >= 0.3 is 0 Å². The van der Waals surface area contributed by atoms with Crippen molar-refractivity contribution < 1.29 is 0 Å². The third-order valence-electron chi connectivity index (χ3n) is 4.29. The van der Waals surface area contributed by atoms with Crippen LogP contribution in [0.1, 0.15) is 11.1 Å². The van der Waals surface area contributed by atoms with Gasteiger partial charge in [-0.25, -0.2) is 0 Å². The average Bonchev–Trinajstić information content (AvgIpc) is 2.86. The second-order valence-electron chi connectivity index (χ2n) is 5.70. The van der Waals surface area contributed by atoms with Gasteiger partial charge in [-0.05, 0) is 48.2 Å². The van der Waals surface area contributed by atoms with Gasteiger partial charge in [0.05, 0.1) is 0 Å². The Balaban J connectivity index is 2.01. The van der Waals surface area contributed by atoms with Crippen LogP contribution in [-0.4, -0.2) is 4.98 Å². The highest BCUT2D eigenvalue weighted by Crippen LogP contribution is 2.32. The standard InChI is InChI=1S/C20H17N/c1-13-6-3-4-8-16(13)15-10-11-17-19(12-15)21-18-9-5-7-14(2)20(17)18/h3-12,21H,1-2H3. The minimum atomic E-state index is 1.21. The smallest absolute Gasteiger partial charge is 0.0471 e. The molecule has 0 atom stereocenters. The summed E-state index contributed by atoms with van der Waals surface area (Å²) in [4.78, 5) is 3.55. The minimum Gasteiger partial charge on any atom is -0.354 e. The van der Waals surface area contributed by atoms with Crippen molar-refractivity contribution in [2.75, 3.05) is 0 Å². The molecule has 0 bridgehead atoms. The third-order valence-corrected chi connectivity index (χ3v) is 4.29. The minimum absolute atomic E-state index is 1.21. The van der Waals surface area contributed by atoms with Crippen LogP contribution in [0, 0.1) is 13.8 Å². The quantitative estimate of drug-likeness (QED) is 0.463. The molecule has 0 saturated heterocycles. The van der Waals surface area contributed by atoms with E-state index in [4.69, 9.17) is 0 Å². The summed E-state index contributed by atoms with van der Waals surface area (Å²) in [5.74, 6) is 0. The van der Waals surface area contributed by atoms with Gasteiger partial charge in [0.2, 0.25) is 0 Å². The lowest BCUT2D eigenvalue weighted by molar-refractivity contribution is 1.46. The molecule has 1 N–H and O–H groups in total. The molecular weight excluding hydrogens is 254 g/mol. The molecule has 102 valence electrons. The monoisotopic (exact) mass is 271 g/mol. The second-order valence-corrected chi connectivity index (χ2v) is 5.70. The molecule has 4 aromatic rings. The molecule has 4 rings (SSSR count). The van der Waals surface area contributed by atoms with Crippen molar-refractivity contribution in [2.45, 2.75) is 13.8 Å². The maximum absolute atomic E-state index is 3.55. The van der Waals surface area contributed by atoms with Gasteiger partial charge in [0.25, 0.3) is 0 Å². The van der Waals surface area contributed by atoms with Gasteiger partial charge in [-0.15, -0.1) is 0 Å². The molecule has 1 aromatic heterocycles. The van der Waals surface area contributed by atoms with Gasteiger partial charge in [0.1, 0.15) is 0 Å². The maximum Gasteiger partial charge on any atom is 0.0471 e. The number of aromatic amines is 1. The van der Waals surface area contributed by atoms with Gasteiger partial charge in [-0.2, -0.15) is 0 Å². The number of fused-ring (bicyclic) bond motifs is 3. The van der Waals surface area contributed by atoms with Crippen molar-refractivity contribution in [2.24, 2.45) is 0 Å². The Morgan fingerprint density at radius 1 is 0.714 bits per heavy atom. The van der Waals surface area contributed by atoms with Crippen LogP contribution in [0.15, 0.2) is 60.7 Å². The first-order chi connectivity index (χ1) is 10.2. The molecular formula is C20H17N. The van der Waals surface area contributed by atoms with E-state index in [0.717, 1.165) is 0 Å². The van der Waals surface area contributed by atoms with E-state index in [0.29, 0.717) is 0 Å². The fourth-order valence-corrected chi connectivity index (χ4v) is 3.20. The van der Waals surface area contributed by atoms with Crippen LogP contribution in [0.4, 0.5) is 0 Å². The highest BCUT2D eigenvalue weighted by molar-refractivity contribution is 6.09. The summed E-state index contributed by atoms with van der Waals surface area (Å²) in [6.07, 6.45) is 0. The van der Waals surface area contributed by atoms with Crippen LogP contribution in [0.2, 0.25) is 0 Å². The first-order valence-electron chi connectivity index (χ1n) is 7.31. The van der Waals surface area contributed by atoms with E-state index < -0.39 is 0 Å². The molecule has 1 heteroatoms. The van der Waals surface area contributed by atoms with Crippen molar-refractivity contribution in [3.63, 3.8) is 0 Å². The van der Waals surface area contributed by atoms with E-state index in [1.165, 1.54) is 44.1 Å². The number of nitrogens with one attached hydrogen (secondary N) is 1. The molecule has 0 amide bonds. The van der Waals surface area contributed by atoms with E-state index in [1.807, 2.05) is 0 Å². The van der Waals surface area contributed by atoms with Gasteiger partial charge in [0, 0.05) is 21.8 Å². The summed E-state index contributed by atoms with van der Waals surface area (Å²) in [5.41, 5.74) is 7.62. The maximum atomic E-state index is 3.55. The van der Waals surface area contributed by atoms with Crippen molar-refractivity contribution >= 4 is 21.8 Å². The summed E-state index contributed by atoms with van der Waals surface area (Å²) < 4.78 is 0. The Morgan fingerprint density at radius 3 is 2.38 bits per heavy atom. The molecule has 3 aromatic carbocycles. The predicted molar refractivity (Wildman–Crippen MR) is 90.7 cm³/mol. The van der Waals surface area contributed by atoms with Gasteiger partial charge in [0.15, 0.2) is 0 Å². The van der Waals surface area contributed by atoms with Crippen LogP contribution in [0.25, 0.3) is 32.9 Å². The van der Waals surface area contributed by atoms with Gasteiger partial charge in [-0.1, -0.05) is 48.5 Å². The molecule has 0 aliphatic rings. The zero-order valence-corrected chi connectivity index (χ0v) is 12.3. The fraction of sp³-hybridized carbons (Fsp3) is 0.100. The Morgan fingerprint density at radius 2 is 1.52 bits per heavy atom. The summed E-state index contributed by atoms with van der Waals surface area (Å²) in [6.45, 7) is 4.33. The number of hydrogen-bond acceptors (Lipinski definition) is 0. The Bertz CT molecular complexity index is 960. The van der Waals surface area contributed by atoms with E-state index in [-0.39, 0.29) is 0 Å². The van der Waals surface area contributed by atoms with Crippen molar-refractivity contribution in [1.29, 1.82) is 0 Å². The molecule has 1 nitrogen and oxygen atoms in total. The highest BCUT2D eigenvalue weighted by Gasteiger charge is 2.08. The predicted octanol–water partition coefficient (Wildman–Crippen LogP) is 5.60. The van der Waals surface area contributed by atoms with Crippen LogP contribution >= 0.6 is 0 Å². The van der Waals surface area contributed by atoms with Gasteiger partial charge < -0.3 is 4.98 Å². The van der Waals surface area contributed by atoms with Crippen LogP contribution < -0.4 is 0 Å². The normalized spacial score (nSPS) is 11.3. The molecule has 0 unspecified atom stereocenters. The zero-order valence-electron chi connectivity index (χ0n) is 12.3. The molecule has 0 saturated carbocycles. The van der Waals surface area contributed by atoms with Crippen LogP contribution in [0.5, 0.6) is 0 Å². The lowest BCUT2D eigenvalue weighted by Crippen LogP contribution is -1.82. The number of rotatable bonds is 1. The Hall–Kier alpha value is -2.54. The summed E-state index contributed by atoms with van der Waals surface area (Å²) in [7, 11) is 0. The van der Waals surface area contributed by atoms with E-state index in [1.54, 1.807) is 0 Å². The number of benzene rings is 3. The molecule has 0 aliphatic carbocycles. The SMILES string of the molecule is Cc1ccccc1-c1ccc2c(c1)[nH]c1cccc(C)c12. The first kappa shape index (κ1) is 12.2. The van der Waals surface area contributed by atoms with Crippen molar-refractivity contribution in [3.05, 3.63) is 71.8 Å². The third kappa shape index (κ3) is 1.85. The lowest BCUT2D eigenvalue weighted by Gasteiger charge is -2.06. The molecule has 21 heavy (non-hydrogen) atoms. The average molecular weight is 271 g/mol. The number of hydrogen-bond donors (Lipinski definition) is 1. The lowest BCUT2D eigenvalue weighted by atomic mass is 9.99. The number of aromatic nitrogens is 1. The van der Waals surface area contributed by atoms with Gasteiger partial charge in [-0.3, -0.25) is 0 Å². The van der Waals surface area contributed by atoms with E-state index in [2.05, 4.69) is 79.5 Å². The molecule has 0 fully saturated rings. The number of aryl methyl sites for hydroxylation is 2. The zero-order chi connectivity index (χ0) is 14.4. The molecule has 1 heterocycles. The summed E-state index contributed by atoms with van der Waals surface area (Å²) >= 11 is 0. The first-order valence-corrected chi connectivity index (χ1v) is 7.31. The molecule has 0 aliphatic heterocycles. The second kappa shape index (κ2) is 4.49. The Labute approximate surface area is 124 Å². The largest absolute Gasteiger partial charge is 0.354 e. The van der Waals surface area contributed by atoms with Crippen LogP contribution in [0.3, 0.4) is 0 Å². The summed E-state index contributed by atoms with van der Waals surface area (Å²) in [5, 5.41) is 2.64. The highest BCUT2D eigenvalue weighted by atomic mass is 14.7. The Kier molecular flexibility index (Phi) is 2.61. The van der Waals surface area contributed by atoms with Crippen molar-refractivity contribution in [1.82, 2.24) is 4.98 Å². The fourth-order valence-electron chi connectivity index (χ4n) is 3.20. The number of H-pyrrole nitrogens is 1. The molecule has 0 spiro atoms. The van der Waals surface area contributed by atoms with E-state index >= 15 is 0 Å².